The third-order valence-corrected chi connectivity index (χ3v) is 2.37. The van der Waals surface area contributed by atoms with Gasteiger partial charge < -0.3 is 0 Å². The Bertz CT molecular complexity index is 344. The van der Waals surface area contributed by atoms with Crippen molar-refractivity contribution in [3.8, 4) is 0 Å². The lowest BCUT2D eigenvalue weighted by molar-refractivity contribution is 0.110. The number of carbonyl (C=O) groups is 1. The summed E-state index contributed by atoms with van der Waals surface area (Å²) in [7, 11) is 0. The number of alkyl halides is 2. The molecule has 0 saturated heterocycles. The molecule has 1 aromatic heterocycles. The van der Waals surface area contributed by atoms with E-state index >= 15 is 0 Å². The molecule has 1 rings (SSSR count). The maximum absolute atomic E-state index is 12.4. The topological polar surface area (TPSA) is 30.0 Å². The smallest absolute Gasteiger partial charge is 0.267 e. The minimum Gasteiger partial charge on any atom is -0.298 e. The number of nitrogens with zero attached hydrogens (tertiary/aromatic N) is 1. The van der Waals surface area contributed by atoms with E-state index in [1.807, 2.05) is 0 Å². The number of rotatable bonds is 2. The first-order valence-electron chi connectivity index (χ1n) is 3.15. The number of carbonyl (C=O) groups excluding carboxylic acids is 1. The zero-order valence-electron chi connectivity index (χ0n) is 6.10. The number of pyridine rings is 1. The summed E-state index contributed by atoms with van der Waals surface area (Å²) in [5.41, 5.74) is -0.443. The molecule has 0 aliphatic rings. The monoisotopic (exact) mass is 313 g/mol. The van der Waals surface area contributed by atoms with Gasteiger partial charge in [0.15, 0.2) is 6.29 Å². The summed E-state index contributed by atoms with van der Waals surface area (Å²) in [6.07, 6.45) is -2.34. The van der Waals surface area contributed by atoms with Crippen molar-refractivity contribution in [1.82, 2.24) is 4.98 Å². The van der Waals surface area contributed by atoms with Gasteiger partial charge in [0.25, 0.3) is 6.43 Å². The van der Waals surface area contributed by atoms with Gasteiger partial charge in [0.05, 0.1) is 5.56 Å². The van der Waals surface area contributed by atoms with E-state index in [2.05, 4.69) is 36.8 Å². The highest BCUT2D eigenvalue weighted by Gasteiger charge is 2.18. The van der Waals surface area contributed by atoms with Crippen LogP contribution in [-0.2, 0) is 0 Å². The summed E-state index contributed by atoms with van der Waals surface area (Å²) in [5.74, 6) is 0. The van der Waals surface area contributed by atoms with Crippen molar-refractivity contribution in [3.63, 3.8) is 0 Å². The van der Waals surface area contributed by atoms with Crippen LogP contribution in [0.15, 0.2) is 15.3 Å². The average Bonchev–Trinajstić information content (AvgIpc) is 2.01. The second kappa shape index (κ2) is 4.23. The van der Waals surface area contributed by atoms with Gasteiger partial charge in [-0.25, -0.2) is 13.8 Å². The lowest BCUT2D eigenvalue weighted by atomic mass is 10.2. The van der Waals surface area contributed by atoms with Crippen molar-refractivity contribution >= 4 is 38.1 Å². The Morgan fingerprint density at radius 3 is 2.54 bits per heavy atom. The first kappa shape index (κ1) is 10.7. The molecule has 0 amide bonds. The van der Waals surface area contributed by atoms with Gasteiger partial charge in [0.2, 0.25) is 0 Å². The number of halogens is 4. The molecule has 0 saturated carbocycles. The lowest BCUT2D eigenvalue weighted by Gasteiger charge is -2.05. The fraction of sp³-hybridized carbons (Fsp3) is 0.143. The van der Waals surface area contributed by atoms with Gasteiger partial charge in [-0.1, -0.05) is 0 Å². The van der Waals surface area contributed by atoms with Crippen LogP contribution < -0.4 is 0 Å². The Hall–Kier alpha value is -0.360. The number of aromatic nitrogens is 1. The maximum atomic E-state index is 12.4. The molecule has 0 bridgehead atoms. The van der Waals surface area contributed by atoms with Crippen molar-refractivity contribution in [2.75, 3.05) is 0 Å². The van der Waals surface area contributed by atoms with Gasteiger partial charge in [-0.2, -0.15) is 0 Å². The maximum Gasteiger partial charge on any atom is 0.267 e. The van der Waals surface area contributed by atoms with E-state index in [4.69, 9.17) is 0 Å². The zero-order valence-corrected chi connectivity index (χ0v) is 9.27. The molecule has 0 unspecified atom stereocenters. The molecule has 0 aliphatic heterocycles. The molecule has 1 aromatic rings. The summed E-state index contributed by atoms with van der Waals surface area (Å²) in [4.78, 5) is 14.1. The minimum absolute atomic E-state index is 0.0148. The van der Waals surface area contributed by atoms with Gasteiger partial charge in [0.1, 0.15) is 9.21 Å². The van der Waals surface area contributed by atoms with Gasteiger partial charge >= 0.3 is 0 Å². The van der Waals surface area contributed by atoms with E-state index < -0.39 is 6.43 Å². The van der Waals surface area contributed by atoms with Gasteiger partial charge in [0, 0.05) is 5.56 Å². The van der Waals surface area contributed by atoms with Crippen LogP contribution in [0.4, 0.5) is 8.78 Å². The fourth-order valence-electron chi connectivity index (χ4n) is 0.825. The third-order valence-electron chi connectivity index (χ3n) is 1.36. The summed E-state index contributed by atoms with van der Waals surface area (Å²) in [5, 5.41) is 0. The molecule has 2 nitrogen and oxygen atoms in total. The Kier molecular flexibility index (Phi) is 3.49. The molecule has 0 aromatic carbocycles. The lowest BCUT2D eigenvalue weighted by Crippen LogP contribution is -1.97. The third kappa shape index (κ3) is 2.31. The number of hydrogen-bond donors (Lipinski definition) is 0. The number of aldehydes is 1. The van der Waals surface area contributed by atoms with Crippen LogP contribution in [0.2, 0.25) is 0 Å². The fourth-order valence-corrected chi connectivity index (χ4v) is 2.08. The van der Waals surface area contributed by atoms with Crippen LogP contribution in [0.5, 0.6) is 0 Å². The summed E-state index contributed by atoms with van der Waals surface area (Å²) < 4.78 is 25.0. The second-order valence-corrected chi connectivity index (χ2v) is 3.72. The minimum atomic E-state index is -2.71. The SMILES string of the molecule is O=Cc1cc(Br)nc(Br)c1C(F)F. The molecule has 0 N–H and O–H groups in total. The van der Waals surface area contributed by atoms with Crippen molar-refractivity contribution < 1.29 is 13.6 Å². The van der Waals surface area contributed by atoms with E-state index in [9.17, 15) is 13.6 Å². The van der Waals surface area contributed by atoms with Crippen LogP contribution in [-0.4, -0.2) is 11.3 Å². The standard InChI is InChI=1S/C7H3Br2F2NO/c8-4-1-3(2-13)5(7(10)11)6(9)12-4/h1-2,7H. The molecule has 70 valence electrons. The molecule has 13 heavy (non-hydrogen) atoms. The predicted molar refractivity (Wildman–Crippen MR) is 50.0 cm³/mol. The van der Waals surface area contributed by atoms with E-state index in [1.54, 1.807) is 0 Å². The predicted octanol–water partition coefficient (Wildman–Crippen LogP) is 3.36. The molecular weight excluding hydrogens is 312 g/mol. The molecule has 0 fully saturated rings. The average molecular weight is 315 g/mol. The van der Waals surface area contributed by atoms with Crippen molar-refractivity contribution in [1.29, 1.82) is 0 Å². The van der Waals surface area contributed by atoms with Crippen LogP contribution in [0.1, 0.15) is 22.3 Å². The molecule has 1 heterocycles. The summed E-state index contributed by atoms with van der Waals surface area (Å²) in [6, 6.07) is 1.25. The first-order valence-corrected chi connectivity index (χ1v) is 4.74. The number of hydrogen-bond acceptors (Lipinski definition) is 2. The van der Waals surface area contributed by atoms with Crippen LogP contribution in [0, 0.1) is 0 Å². The van der Waals surface area contributed by atoms with Crippen molar-refractivity contribution in [2.45, 2.75) is 6.43 Å². The highest BCUT2D eigenvalue weighted by molar-refractivity contribution is 9.11. The molecule has 0 aliphatic carbocycles. The molecular formula is C7H3Br2F2NO. The Labute approximate surface area is 89.6 Å². The van der Waals surface area contributed by atoms with Crippen LogP contribution in [0.25, 0.3) is 0 Å². The van der Waals surface area contributed by atoms with Gasteiger partial charge in [-0.05, 0) is 37.9 Å². The normalized spacial score (nSPS) is 10.5. The highest BCUT2D eigenvalue weighted by atomic mass is 79.9. The van der Waals surface area contributed by atoms with Crippen molar-refractivity contribution in [3.05, 3.63) is 26.4 Å². The van der Waals surface area contributed by atoms with E-state index in [0.717, 1.165) is 0 Å². The second-order valence-electron chi connectivity index (χ2n) is 2.16. The molecule has 0 radical (unpaired) electrons. The Morgan fingerprint density at radius 2 is 2.08 bits per heavy atom. The Morgan fingerprint density at radius 1 is 1.46 bits per heavy atom. The van der Waals surface area contributed by atoms with Crippen LogP contribution in [0.3, 0.4) is 0 Å². The van der Waals surface area contributed by atoms with E-state index in [1.165, 1.54) is 6.07 Å². The van der Waals surface area contributed by atoms with Gasteiger partial charge in [-0.3, -0.25) is 4.79 Å². The highest BCUT2D eigenvalue weighted by Crippen LogP contribution is 2.30. The quantitative estimate of drug-likeness (QED) is 0.619. The molecule has 6 heteroatoms. The van der Waals surface area contributed by atoms with Gasteiger partial charge in [-0.15, -0.1) is 0 Å². The van der Waals surface area contributed by atoms with Crippen LogP contribution >= 0.6 is 31.9 Å². The van der Waals surface area contributed by atoms with E-state index in [-0.39, 0.29) is 15.7 Å². The largest absolute Gasteiger partial charge is 0.298 e. The molecule has 0 spiro atoms. The van der Waals surface area contributed by atoms with E-state index in [0.29, 0.717) is 10.9 Å². The van der Waals surface area contributed by atoms with Crippen molar-refractivity contribution in [2.24, 2.45) is 0 Å². The zero-order chi connectivity index (χ0) is 10.0. The summed E-state index contributed by atoms with van der Waals surface area (Å²) >= 11 is 5.85. The Balaban J connectivity index is 3.38. The first-order chi connectivity index (χ1) is 6.06. The molecule has 0 atom stereocenters. The summed E-state index contributed by atoms with van der Waals surface area (Å²) in [6.45, 7) is 0.